The number of hydrogen-bond acceptors (Lipinski definition) is 3. The third-order valence-corrected chi connectivity index (χ3v) is 5.39. The highest BCUT2D eigenvalue weighted by Gasteiger charge is 2.12. The number of rotatable bonds is 6. The summed E-state index contributed by atoms with van der Waals surface area (Å²) in [6.07, 6.45) is 1.96. The maximum atomic E-state index is 12.2. The summed E-state index contributed by atoms with van der Waals surface area (Å²) in [4.78, 5) is 12.2. The molecule has 4 aromatic rings. The zero-order valence-electron chi connectivity index (χ0n) is 17.9. The van der Waals surface area contributed by atoms with Gasteiger partial charge in [0, 0.05) is 22.3 Å². The topological polar surface area (TPSA) is 55.6 Å². The zero-order chi connectivity index (χ0) is 21.8. The number of nitrogens with one attached hydrogen (secondary N) is 1. The van der Waals surface area contributed by atoms with Gasteiger partial charge in [0.05, 0.1) is 25.4 Å². The average molecular weight is 412 g/mol. The Bertz CT molecular complexity index is 1250. The normalized spacial score (nSPS) is 11.2. The van der Waals surface area contributed by atoms with Crippen LogP contribution in [0.4, 0.5) is 0 Å². The van der Waals surface area contributed by atoms with Gasteiger partial charge in [0.1, 0.15) is 5.75 Å². The van der Waals surface area contributed by atoms with Crippen molar-refractivity contribution in [2.45, 2.75) is 20.3 Å². The molecule has 0 bridgehead atoms. The van der Waals surface area contributed by atoms with Gasteiger partial charge in [-0.25, -0.2) is 5.43 Å². The molecule has 156 valence electrons. The fourth-order valence-electron chi connectivity index (χ4n) is 3.83. The van der Waals surface area contributed by atoms with E-state index in [1.165, 1.54) is 10.8 Å². The Labute approximate surface area is 182 Å². The molecule has 0 fully saturated rings. The molecule has 4 rings (SSSR count). The van der Waals surface area contributed by atoms with Gasteiger partial charge in [-0.1, -0.05) is 48.5 Å². The van der Waals surface area contributed by atoms with E-state index in [-0.39, 0.29) is 12.3 Å². The van der Waals surface area contributed by atoms with Gasteiger partial charge in [-0.3, -0.25) is 4.79 Å². The van der Waals surface area contributed by atoms with Gasteiger partial charge in [0.15, 0.2) is 0 Å². The Hall–Kier alpha value is -3.86. The fourth-order valence-corrected chi connectivity index (χ4v) is 3.83. The predicted molar refractivity (Wildman–Crippen MR) is 125 cm³/mol. The Morgan fingerprint density at radius 3 is 2.55 bits per heavy atom. The molecule has 1 heterocycles. The number of hydrogen-bond donors (Lipinski definition) is 1. The van der Waals surface area contributed by atoms with Crippen molar-refractivity contribution in [3.05, 3.63) is 95.3 Å². The van der Waals surface area contributed by atoms with Crippen molar-refractivity contribution in [2.75, 3.05) is 7.11 Å². The third-order valence-electron chi connectivity index (χ3n) is 5.39. The predicted octanol–water partition coefficient (Wildman–Crippen LogP) is 4.95. The first-order valence-corrected chi connectivity index (χ1v) is 10.2. The monoisotopic (exact) mass is 411 g/mol. The Kier molecular flexibility index (Phi) is 5.85. The van der Waals surface area contributed by atoms with Crippen molar-refractivity contribution in [1.29, 1.82) is 0 Å². The van der Waals surface area contributed by atoms with Crippen LogP contribution in [0.2, 0.25) is 0 Å². The summed E-state index contributed by atoms with van der Waals surface area (Å²) in [6.45, 7) is 4.14. The van der Waals surface area contributed by atoms with Gasteiger partial charge < -0.3 is 9.30 Å². The van der Waals surface area contributed by atoms with Crippen LogP contribution < -0.4 is 10.2 Å². The highest BCUT2D eigenvalue weighted by Crippen LogP contribution is 2.26. The SMILES string of the molecule is COc1ccc(CC(=O)N/N=C\c2cc(C)n(-c3cccc4ccccc34)c2C)cc1. The molecule has 0 aliphatic rings. The van der Waals surface area contributed by atoms with Crippen molar-refractivity contribution in [2.24, 2.45) is 5.10 Å². The van der Waals surface area contributed by atoms with Gasteiger partial charge in [-0.2, -0.15) is 5.10 Å². The van der Waals surface area contributed by atoms with Crippen LogP contribution in [0, 0.1) is 13.8 Å². The molecule has 1 aromatic heterocycles. The van der Waals surface area contributed by atoms with E-state index in [9.17, 15) is 4.79 Å². The number of aromatic nitrogens is 1. The van der Waals surface area contributed by atoms with E-state index in [4.69, 9.17) is 4.74 Å². The Morgan fingerprint density at radius 1 is 1.03 bits per heavy atom. The van der Waals surface area contributed by atoms with E-state index in [0.717, 1.165) is 34.0 Å². The minimum atomic E-state index is -0.163. The van der Waals surface area contributed by atoms with Crippen LogP contribution in [-0.4, -0.2) is 23.8 Å². The first kappa shape index (κ1) is 20.4. The molecule has 5 heteroatoms. The standard InChI is InChI=1S/C26H25N3O2/c1-18-15-22(17-27-28-26(30)16-20-11-13-23(31-3)14-12-20)19(2)29(18)25-10-6-8-21-7-4-5-9-24(21)25/h4-15,17H,16H2,1-3H3,(H,28,30)/b27-17-. The summed E-state index contributed by atoms with van der Waals surface area (Å²) in [5.74, 6) is 0.605. The summed E-state index contributed by atoms with van der Waals surface area (Å²) < 4.78 is 7.37. The van der Waals surface area contributed by atoms with Crippen LogP contribution in [0.25, 0.3) is 16.5 Å². The van der Waals surface area contributed by atoms with Crippen LogP contribution >= 0.6 is 0 Å². The van der Waals surface area contributed by atoms with E-state index in [1.807, 2.05) is 30.3 Å². The van der Waals surface area contributed by atoms with E-state index >= 15 is 0 Å². The lowest BCUT2D eigenvalue weighted by Crippen LogP contribution is -2.19. The molecule has 0 unspecified atom stereocenters. The number of amides is 1. The number of fused-ring (bicyclic) bond motifs is 1. The van der Waals surface area contributed by atoms with Crippen LogP contribution in [0.1, 0.15) is 22.5 Å². The molecule has 0 saturated heterocycles. The quantitative estimate of drug-likeness (QED) is 0.361. The lowest BCUT2D eigenvalue weighted by Gasteiger charge is -2.12. The van der Waals surface area contributed by atoms with E-state index in [1.54, 1.807) is 13.3 Å². The number of methoxy groups -OCH3 is 1. The smallest absolute Gasteiger partial charge is 0.244 e. The van der Waals surface area contributed by atoms with Gasteiger partial charge in [-0.05, 0) is 49.1 Å². The van der Waals surface area contributed by atoms with Gasteiger partial charge in [0.25, 0.3) is 0 Å². The van der Waals surface area contributed by atoms with Crippen LogP contribution in [0.5, 0.6) is 5.75 Å². The molecule has 1 N–H and O–H groups in total. The molecule has 3 aromatic carbocycles. The fraction of sp³-hybridized carbons (Fsp3) is 0.154. The second kappa shape index (κ2) is 8.88. The van der Waals surface area contributed by atoms with Crippen molar-refractivity contribution < 1.29 is 9.53 Å². The summed E-state index contributed by atoms with van der Waals surface area (Å²) in [5.41, 5.74) is 7.81. The summed E-state index contributed by atoms with van der Waals surface area (Å²) in [6, 6.07) is 24.2. The maximum Gasteiger partial charge on any atom is 0.244 e. The number of ether oxygens (including phenoxy) is 1. The van der Waals surface area contributed by atoms with Crippen LogP contribution in [0.3, 0.4) is 0 Å². The maximum absolute atomic E-state index is 12.2. The Balaban J connectivity index is 1.51. The first-order chi connectivity index (χ1) is 15.1. The highest BCUT2D eigenvalue weighted by molar-refractivity contribution is 5.91. The van der Waals surface area contributed by atoms with Gasteiger partial charge in [-0.15, -0.1) is 0 Å². The summed E-state index contributed by atoms with van der Waals surface area (Å²) in [7, 11) is 1.62. The average Bonchev–Trinajstić information content (AvgIpc) is 3.06. The molecule has 0 atom stereocenters. The molecule has 0 aliphatic carbocycles. The number of nitrogens with zero attached hydrogens (tertiary/aromatic N) is 2. The van der Waals surface area contributed by atoms with E-state index in [0.29, 0.717) is 0 Å². The highest BCUT2D eigenvalue weighted by atomic mass is 16.5. The number of carbonyl (C=O) groups excluding carboxylic acids is 1. The number of hydrazone groups is 1. The van der Waals surface area contributed by atoms with E-state index in [2.05, 4.69) is 71.4 Å². The first-order valence-electron chi connectivity index (χ1n) is 10.2. The lowest BCUT2D eigenvalue weighted by molar-refractivity contribution is -0.120. The van der Waals surface area contributed by atoms with Crippen molar-refractivity contribution in [3.8, 4) is 11.4 Å². The largest absolute Gasteiger partial charge is 0.497 e. The summed E-state index contributed by atoms with van der Waals surface area (Å²) >= 11 is 0. The molecule has 0 radical (unpaired) electrons. The minimum Gasteiger partial charge on any atom is -0.497 e. The number of aryl methyl sites for hydroxylation is 1. The summed E-state index contributed by atoms with van der Waals surface area (Å²) in [5, 5.41) is 6.58. The zero-order valence-corrected chi connectivity index (χ0v) is 17.9. The number of carbonyl (C=O) groups is 1. The lowest BCUT2D eigenvalue weighted by atomic mass is 10.1. The number of benzene rings is 3. The van der Waals surface area contributed by atoms with Crippen LogP contribution in [0.15, 0.2) is 77.9 Å². The molecule has 31 heavy (non-hydrogen) atoms. The van der Waals surface area contributed by atoms with E-state index < -0.39 is 0 Å². The van der Waals surface area contributed by atoms with Crippen molar-refractivity contribution >= 4 is 22.9 Å². The van der Waals surface area contributed by atoms with Gasteiger partial charge >= 0.3 is 0 Å². The van der Waals surface area contributed by atoms with Gasteiger partial charge in [0.2, 0.25) is 5.91 Å². The Morgan fingerprint density at radius 2 is 1.77 bits per heavy atom. The molecule has 0 spiro atoms. The molecule has 5 nitrogen and oxygen atoms in total. The van der Waals surface area contributed by atoms with Crippen LogP contribution in [-0.2, 0) is 11.2 Å². The molecule has 0 aliphatic heterocycles. The van der Waals surface area contributed by atoms with Crippen molar-refractivity contribution in [1.82, 2.24) is 9.99 Å². The molecule has 0 saturated carbocycles. The minimum absolute atomic E-state index is 0.163. The molecular formula is C26H25N3O2. The molecular weight excluding hydrogens is 386 g/mol. The third kappa shape index (κ3) is 4.36. The second-order valence-electron chi connectivity index (χ2n) is 7.48. The molecule has 1 amide bonds. The second-order valence-corrected chi connectivity index (χ2v) is 7.48. The van der Waals surface area contributed by atoms with Crippen molar-refractivity contribution in [3.63, 3.8) is 0 Å².